The van der Waals surface area contributed by atoms with E-state index in [1.165, 1.54) is 0 Å². The fourth-order valence-corrected chi connectivity index (χ4v) is 3.29. The van der Waals surface area contributed by atoms with Crippen LogP contribution < -0.4 is 11.1 Å². The van der Waals surface area contributed by atoms with Crippen LogP contribution >= 0.6 is 11.6 Å². The molecule has 2 aromatic heterocycles. The average Bonchev–Trinajstić information content (AvgIpc) is 3.04. The number of nitrogens with one attached hydrogen (secondary N) is 1. The number of hydrogen-bond donors (Lipinski definition) is 2. The Hall–Kier alpha value is -3.19. The lowest BCUT2D eigenvalue weighted by atomic mass is 9.97. The first-order valence-corrected chi connectivity index (χ1v) is 8.33. The van der Waals surface area contributed by atoms with Gasteiger partial charge in [0.2, 0.25) is 11.9 Å². The number of rotatable bonds is 3. The van der Waals surface area contributed by atoms with Crippen LogP contribution in [0, 0.1) is 0 Å². The molecule has 26 heavy (non-hydrogen) atoms. The maximum Gasteiger partial charge on any atom is 0.248 e. The molecule has 1 aliphatic heterocycles. The number of allylic oxidation sites excluding steroid dienone is 1. The van der Waals surface area contributed by atoms with Crippen molar-refractivity contribution in [1.82, 2.24) is 19.7 Å². The number of carbonyl (C=O) groups is 1. The van der Waals surface area contributed by atoms with Crippen LogP contribution in [0.25, 0.3) is 11.4 Å². The molecule has 1 aliphatic rings. The van der Waals surface area contributed by atoms with E-state index in [-0.39, 0.29) is 0 Å². The van der Waals surface area contributed by atoms with Gasteiger partial charge in [0, 0.05) is 23.7 Å². The number of hydrogen-bond acceptors (Lipinski definition) is 5. The molecule has 0 spiro atoms. The van der Waals surface area contributed by atoms with Crippen LogP contribution in [0.5, 0.6) is 0 Å². The Morgan fingerprint density at radius 1 is 1.27 bits per heavy atom. The van der Waals surface area contributed by atoms with Gasteiger partial charge < -0.3 is 11.1 Å². The summed E-state index contributed by atoms with van der Waals surface area (Å²) in [5.74, 6) is 0.450. The van der Waals surface area contributed by atoms with Gasteiger partial charge in [0.25, 0.3) is 0 Å². The molecular weight excluding hydrogens is 352 g/mol. The lowest BCUT2D eigenvalue weighted by Crippen LogP contribution is -2.31. The fourth-order valence-electron chi connectivity index (χ4n) is 3.07. The highest BCUT2D eigenvalue weighted by Gasteiger charge is 2.33. The van der Waals surface area contributed by atoms with E-state index in [0.29, 0.717) is 33.6 Å². The summed E-state index contributed by atoms with van der Waals surface area (Å²) in [6, 6.07) is 10.5. The third-order valence-corrected chi connectivity index (χ3v) is 4.56. The Kier molecular flexibility index (Phi) is 3.93. The van der Waals surface area contributed by atoms with Gasteiger partial charge in [0.15, 0.2) is 5.82 Å². The first-order valence-electron chi connectivity index (χ1n) is 7.95. The van der Waals surface area contributed by atoms with Crippen molar-refractivity contribution < 1.29 is 4.79 Å². The molecule has 0 fully saturated rings. The highest BCUT2D eigenvalue weighted by molar-refractivity contribution is 6.33. The molecule has 1 atom stereocenters. The molecule has 1 unspecified atom stereocenters. The molecule has 0 radical (unpaired) electrons. The number of amides is 1. The summed E-state index contributed by atoms with van der Waals surface area (Å²) >= 11 is 6.28. The maximum atomic E-state index is 12.1. The molecule has 0 bridgehead atoms. The second-order valence-corrected chi connectivity index (χ2v) is 6.31. The minimum Gasteiger partial charge on any atom is -0.366 e. The van der Waals surface area contributed by atoms with E-state index >= 15 is 0 Å². The maximum absolute atomic E-state index is 12.1. The summed E-state index contributed by atoms with van der Waals surface area (Å²) in [6.07, 6.45) is 3.36. The summed E-state index contributed by atoms with van der Waals surface area (Å²) in [7, 11) is 0. The summed E-state index contributed by atoms with van der Waals surface area (Å²) in [5.41, 5.74) is 8.20. The summed E-state index contributed by atoms with van der Waals surface area (Å²) in [5, 5.41) is 8.25. The highest BCUT2D eigenvalue weighted by Crippen LogP contribution is 2.36. The van der Waals surface area contributed by atoms with Gasteiger partial charge in [0.05, 0.1) is 10.6 Å². The lowest BCUT2D eigenvalue weighted by Gasteiger charge is -2.27. The molecule has 0 aliphatic carbocycles. The minimum absolute atomic E-state index is 0.418. The lowest BCUT2D eigenvalue weighted by molar-refractivity contribution is -0.115. The molecule has 4 rings (SSSR count). The van der Waals surface area contributed by atoms with E-state index in [1.807, 2.05) is 24.3 Å². The summed E-state index contributed by atoms with van der Waals surface area (Å²) < 4.78 is 1.64. The standard InChI is InChI=1S/C18H15ClN6O/c1-10-14(16(20)26)15(11-5-4-8-21-9-11)25-18(22-10)23-17(24-25)12-6-2-3-7-13(12)19/h2-9,15H,1H3,(H2,20,26)(H,22,23,24). The van der Waals surface area contributed by atoms with Crippen LogP contribution in [0.15, 0.2) is 60.1 Å². The van der Waals surface area contributed by atoms with Crippen molar-refractivity contribution in [3.63, 3.8) is 0 Å². The van der Waals surface area contributed by atoms with Crippen molar-refractivity contribution in [1.29, 1.82) is 0 Å². The zero-order valence-electron chi connectivity index (χ0n) is 13.8. The largest absolute Gasteiger partial charge is 0.366 e. The van der Waals surface area contributed by atoms with Crippen LogP contribution in [-0.4, -0.2) is 25.7 Å². The van der Waals surface area contributed by atoms with Gasteiger partial charge in [-0.1, -0.05) is 29.8 Å². The number of fused-ring (bicyclic) bond motifs is 1. The third kappa shape index (κ3) is 2.62. The van der Waals surface area contributed by atoms with Crippen molar-refractivity contribution in [2.75, 3.05) is 5.32 Å². The number of nitrogens with zero attached hydrogens (tertiary/aromatic N) is 4. The molecule has 1 aromatic carbocycles. The van der Waals surface area contributed by atoms with Gasteiger partial charge >= 0.3 is 0 Å². The number of primary amides is 1. The first kappa shape index (κ1) is 16.3. The number of aromatic nitrogens is 4. The SMILES string of the molecule is CC1=C(C(N)=O)C(c2cccnc2)n2nc(-c3ccccc3Cl)nc2N1. The second-order valence-electron chi connectivity index (χ2n) is 5.90. The van der Waals surface area contributed by atoms with Crippen molar-refractivity contribution in [3.05, 3.63) is 70.6 Å². The van der Waals surface area contributed by atoms with E-state index < -0.39 is 11.9 Å². The molecule has 7 nitrogen and oxygen atoms in total. The van der Waals surface area contributed by atoms with E-state index in [9.17, 15) is 4.79 Å². The van der Waals surface area contributed by atoms with E-state index in [2.05, 4.69) is 20.4 Å². The van der Waals surface area contributed by atoms with Crippen LogP contribution in [-0.2, 0) is 4.79 Å². The molecule has 3 N–H and O–H groups in total. The van der Waals surface area contributed by atoms with Gasteiger partial charge in [-0.2, -0.15) is 4.98 Å². The monoisotopic (exact) mass is 366 g/mol. The quantitative estimate of drug-likeness (QED) is 0.742. The van der Waals surface area contributed by atoms with Gasteiger partial charge in [0.1, 0.15) is 6.04 Å². The van der Waals surface area contributed by atoms with Crippen LogP contribution in [0.4, 0.5) is 5.95 Å². The van der Waals surface area contributed by atoms with Crippen LogP contribution in [0.3, 0.4) is 0 Å². The van der Waals surface area contributed by atoms with Crippen molar-refractivity contribution in [2.24, 2.45) is 5.73 Å². The molecule has 1 amide bonds. The number of pyridine rings is 1. The summed E-state index contributed by atoms with van der Waals surface area (Å²) in [6.45, 7) is 1.79. The van der Waals surface area contributed by atoms with Gasteiger partial charge in [-0.3, -0.25) is 9.78 Å². The van der Waals surface area contributed by atoms with Crippen molar-refractivity contribution in [3.8, 4) is 11.4 Å². The third-order valence-electron chi connectivity index (χ3n) is 4.23. The van der Waals surface area contributed by atoms with E-state index in [4.69, 9.17) is 17.3 Å². The van der Waals surface area contributed by atoms with E-state index in [0.717, 1.165) is 5.56 Å². The van der Waals surface area contributed by atoms with Crippen molar-refractivity contribution >= 4 is 23.5 Å². The topological polar surface area (TPSA) is 98.7 Å². The molecule has 8 heteroatoms. The Bertz CT molecular complexity index is 1030. The number of carbonyl (C=O) groups excluding carboxylic acids is 1. The number of nitrogens with two attached hydrogens (primary N) is 1. The number of halogens is 1. The van der Waals surface area contributed by atoms with E-state index in [1.54, 1.807) is 36.1 Å². The first-order chi connectivity index (χ1) is 12.6. The Labute approximate surface area is 154 Å². The highest BCUT2D eigenvalue weighted by atomic mass is 35.5. The molecule has 130 valence electrons. The Morgan fingerprint density at radius 2 is 2.08 bits per heavy atom. The Balaban J connectivity index is 1.90. The fraction of sp³-hybridized carbons (Fsp3) is 0.111. The normalized spacial score (nSPS) is 16.2. The molecule has 3 heterocycles. The smallest absolute Gasteiger partial charge is 0.248 e. The van der Waals surface area contributed by atoms with Crippen LogP contribution in [0.2, 0.25) is 5.02 Å². The molecule has 3 aromatic rings. The Morgan fingerprint density at radius 3 is 2.77 bits per heavy atom. The number of benzene rings is 1. The average molecular weight is 367 g/mol. The van der Waals surface area contributed by atoms with Crippen LogP contribution in [0.1, 0.15) is 18.5 Å². The van der Waals surface area contributed by atoms with Gasteiger partial charge in [-0.25, -0.2) is 4.68 Å². The molecular formula is C18H15ClN6O. The second kappa shape index (κ2) is 6.27. The zero-order valence-corrected chi connectivity index (χ0v) is 14.6. The molecule has 0 saturated carbocycles. The zero-order chi connectivity index (χ0) is 18.3. The van der Waals surface area contributed by atoms with Gasteiger partial charge in [-0.15, -0.1) is 5.10 Å². The van der Waals surface area contributed by atoms with Crippen molar-refractivity contribution in [2.45, 2.75) is 13.0 Å². The number of anilines is 1. The van der Waals surface area contributed by atoms with Gasteiger partial charge in [-0.05, 0) is 30.7 Å². The summed E-state index contributed by atoms with van der Waals surface area (Å²) in [4.78, 5) is 20.8. The predicted molar refractivity (Wildman–Crippen MR) is 98.4 cm³/mol. The minimum atomic E-state index is -0.524. The molecule has 0 saturated heterocycles. The predicted octanol–water partition coefficient (Wildman–Crippen LogP) is 2.77.